The maximum atomic E-state index is 14.1. The number of hydrogen-bond donors (Lipinski definition) is 1. The predicted molar refractivity (Wildman–Crippen MR) is 82.1 cm³/mol. The molecule has 5 heteroatoms. The van der Waals surface area contributed by atoms with Crippen LogP contribution in [0, 0.1) is 17.1 Å². The fourth-order valence-electron chi connectivity index (χ4n) is 1.87. The standard InChI is InChI=1S/C15H11BrClFN2/c1-15(9-19,13-7-2-10(16)8-14(13)18)20-12-5-3-11(17)4-6-12/h2-8,20H,1H3. The largest absolute Gasteiger partial charge is 0.364 e. The first-order valence-corrected chi connectivity index (χ1v) is 7.02. The van der Waals surface area contributed by atoms with Gasteiger partial charge in [-0.15, -0.1) is 0 Å². The molecule has 102 valence electrons. The Morgan fingerprint density at radius 3 is 2.45 bits per heavy atom. The van der Waals surface area contributed by atoms with Gasteiger partial charge in [-0.2, -0.15) is 5.26 Å². The zero-order valence-electron chi connectivity index (χ0n) is 10.6. The summed E-state index contributed by atoms with van der Waals surface area (Å²) in [7, 11) is 0. The molecular formula is C15H11BrClFN2. The van der Waals surface area contributed by atoms with Crippen molar-refractivity contribution in [1.29, 1.82) is 5.26 Å². The highest BCUT2D eigenvalue weighted by Crippen LogP contribution is 2.29. The van der Waals surface area contributed by atoms with Crippen LogP contribution in [-0.2, 0) is 5.54 Å². The molecule has 0 aliphatic heterocycles. The second-order valence-electron chi connectivity index (χ2n) is 4.49. The van der Waals surface area contributed by atoms with Gasteiger partial charge in [0.25, 0.3) is 0 Å². The van der Waals surface area contributed by atoms with Crippen molar-refractivity contribution in [3.8, 4) is 6.07 Å². The average molecular weight is 354 g/mol. The van der Waals surface area contributed by atoms with E-state index in [1.807, 2.05) is 0 Å². The average Bonchev–Trinajstić information content (AvgIpc) is 2.41. The molecule has 0 heterocycles. The maximum absolute atomic E-state index is 14.1. The minimum atomic E-state index is -1.17. The van der Waals surface area contributed by atoms with Crippen molar-refractivity contribution in [2.75, 3.05) is 5.32 Å². The zero-order valence-corrected chi connectivity index (χ0v) is 13.0. The third kappa shape index (κ3) is 3.12. The van der Waals surface area contributed by atoms with E-state index in [0.717, 1.165) is 0 Å². The quantitative estimate of drug-likeness (QED) is 0.834. The fraction of sp³-hybridized carbons (Fsp3) is 0.133. The summed E-state index contributed by atoms with van der Waals surface area (Å²) in [5.74, 6) is -0.440. The molecule has 0 saturated heterocycles. The first-order chi connectivity index (χ1) is 9.44. The Morgan fingerprint density at radius 1 is 1.25 bits per heavy atom. The van der Waals surface area contributed by atoms with Crippen LogP contribution in [0.3, 0.4) is 0 Å². The van der Waals surface area contributed by atoms with E-state index in [0.29, 0.717) is 15.2 Å². The second-order valence-corrected chi connectivity index (χ2v) is 5.84. The number of benzene rings is 2. The topological polar surface area (TPSA) is 35.8 Å². The van der Waals surface area contributed by atoms with Gasteiger partial charge in [0.05, 0.1) is 6.07 Å². The number of nitriles is 1. The summed E-state index contributed by atoms with van der Waals surface area (Å²) in [5, 5.41) is 13.1. The molecule has 2 nitrogen and oxygen atoms in total. The number of hydrogen-bond acceptors (Lipinski definition) is 2. The van der Waals surface area contributed by atoms with E-state index < -0.39 is 11.4 Å². The Kier molecular flexibility index (Phi) is 4.32. The van der Waals surface area contributed by atoms with Gasteiger partial charge in [0.2, 0.25) is 0 Å². The van der Waals surface area contributed by atoms with Gasteiger partial charge in [-0.05, 0) is 43.3 Å². The number of rotatable bonds is 3. The van der Waals surface area contributed by atoms with Crippen LogP contribution in [0.4, 0.5) is 10.1 Å². The smallest absolute Gasteiger partial charge is 0.151 e. The minimum Gasteiger partial charge on any atom is -0.364 e. The normalized spacial score (nSPS) is 13.3. The Morgan fingerprint density at radius 2 is 1.90 bits per heavy atom. The molecule has 1 atom stereocenters. The Bertz CT molecular complexity index is 667. The van der Waals surface area contributed by atoms with Crippen molar-refractivity contribution in [1.82, 2.24) is 0 Å². The van der Waals surface area contributed by atoms with Crippen LogP contribution < -0.4 is 5.32 Å². The van der Waals surface area contributed by atoms with Crippen LogP contribution in [0.1, 0.15) is 12.5 Å². The van der Waals surface area contributed by atoms with E-state index >= 15 is 0 Å². The van der Waals surface area contributed by atoms with E-state index in [1.54, 1.807) is 43.3 Å². The number of anilines is 1. The molecule has 0 fully saturated rings. The maximum Gasteiger partial charge on any atom is 0.151 e. The summed E-state index contributed by atoms with van der Waals surface area (Å²) >= 11 is 9.02. The van der Waals surface area contributed by atoms with Crippen molar-refractivity contribution in [2.45, 2.75) is 12.5 Å². The Labute approximate surface area is 130 Å². The van der Waals surface area contributed by atoms with Crippen LogP contribution in [-0.4, -0.2) is 0 Å². The molecule has 2 aromatic rings. The molecule has 0 amide bonds. The molecule has 2 rings (SSSR count). The molecule has 0 aliphatic rings. The molecule has 0 bridgehead atoms. The van der Waals surface area contributed by atoms with E-state index in [2.05, 4.69) is 27.3 Å². The third-order valence-electron chi connectivity index (χ3n) is 2.93. The van der Waals surface area contributed by atoms with E-state index in [-0.39, 0.29) is 5.56 Å². The van der Waals surface area contributed by atoms with Crippen LogP contribution in [0.15, 0.2) is 46.9 Å². The van der Waals surface area contributed by atoms with Gasteiger partial charge in [0.1, 0.15) is 5.82 Å². The van der Waals surface area contributed by atoms with Gasteiger partial charge in [-0.3, -0.25) is 0 Å². The highest BCUT2D eigenvalue weighted by molar-refractivity contribution is 9.10. The lowest BCUT2D eigenvalue weighted by atomic mass is 9.92. The van der Waals surface area contributed by atoms with Gasteiger partial charge in [-0.1, -0.05) is 33.6 Å². The van der Waals surface area contributed by atoms with Crippen molar-refractivity contribution in [2.24, 2.45) is 0 Å². The monoisotopic (exact) mass is 352 g/mol. The second kappa shape index (κ2) is 5.82. The van der Waals surface area contributed by atoms with Crippen molar-refractivity contribution >= 4 is 33.2 Å². The van der Waals surface area contributed by atoms with Crippen LogP contribution in [0.5, 0.6) is 0 Å². The third-order valence-corrected chi connectivity index (χ3v) is 3.68. The SMILES string of the molecule is CC(C#N)(Nc1ccc(Cl)cc1)c1ccc(Br)cc1F. The lowest BCUT2D eigenvalue weighted by Gasteiger charge is -2.25. The van der Waals surface area contributed by atoms with E-state index in [9.17, 15) is 9.65 Å². The van der Waals surface area contributed by atoms with E-state index in [4.69, 9.17) is 11.6 Å². The predicted octanol–water partition coefficient (Wildman–Crippen LogP) is 5.09. The molecule has 1 unspecified atom stereocenters. The number of halogens is 3. The van der Waals surface area contributed by atoms with Gasteiger partial charge < -0.3 is 5.32 Å². The summed E-state index contributed by atoms with van der Waals surface area (Å²) in [6.45, 7) is 1.63. The first kappa shape index (κ1) is 14.8. The fourth-order valence-corrected chi connectivity index (χ4v) is 2.33. The number of nitrogens with zero attached hydrogens (tertiary/aromatic N) is 1. The van der Waals surface area contributed by atoms with Gasteiger partial charge in [0, 0.05) is 20.7 Å². The molecule has 0 saturated carbocycles. The van der Waals surface area contributed by atoms with Crippen LogP contribution in [0.2, 0.25) is 5.02 Å². The molecule has 1 N–H and O–H groups in total. The highest BCUT2D eigenvalue weighted by Gasteiger charge is 2.29. The van der Waals surface area contributed by atoms with Crippen LogP contribution >= 0.6 is 27.5 Å². The summed E-state index contributed by atoms with van der Waals surface area (Å²) in [5.41, 5.74) is -0.183. The summed E-state index contributed by atoms with van der Waals surface area (Å²) in [6, 6.07) is 13.7. The van der Waals surface area contributed by atoms with E-state index in [1.165, 1.54) is 6.07 Å². The molecule has 2 aromatic carbocycles. The minimum absolute atomic E-state index is 0.290. The lowest BCUT2D eigenvalue weighted by molar-refractivity contribution is 0.570. The summed E-state index contributed by atoms with van der Waals surface area (Å²) < 4.78 is 14.7. The van der Waals surface area contributed by atoms with Gasteiger partial charge in [-0.25, -0.2) is 4.39 Å². The summed E-state index contributed by atoms with van der Waals surface area (Å²) in [4.78, 5) is 0. The highest BCUT2D eigenvalue weighted by atomic mass is 79.9. The van der Waals surface area contributed by atoms with Crippen molar-refractivity contribution in [3.05, 3.63) is 63.3 Å². The first-order valence-electron chi connectivity index (χ1n) is 5.85. The van der Waals surface area contributed by atoms with Gasteiger partial charge in [0.15, 0.2) is 5.54 Å². The molecule has 0 aromatic heterocycles. The van der Waals surface area contributed by atoms with Crippen molar-refractivity contribution in [3.63, 3.8) is 0 Å². The molecule has 0 radical (unpaired) electrons. The number of nitrogens with one attached hydrogen (secondary N) is 1. The molecule has 0 spiro atoms. The lowest BCUT2D eigenvalue weighted by Crippen LogP contribution is -2.31. The summed E-state index contributed by atoms with van der Waals surface area (Å²) in [6.07, 6.45) is 0. The van der Waals surface area contributed by atoms with Gasteiger partial charge >= 0.3 is 0 Å². The molecule has 0 aliphatic carbocycles. The van der Waals surface area contributed by atoms with Crippen molar-refractivity contribution < 1.29 is 4.39 Å². The van der Waals surface area contributed by atoms with Crippen LogP contribution in [0.25, 0.3) is 0 Å². The Hall–Kier alpha value is -1.57. The molecule has 20 heavy (non-hydrogen) atoms. The zero-order chi connectivity index (χ0) is 14.8. The molecular weight excluding hydrogens is 343 g/mol. The Balaban J connectivity index is 2.38.